The lowest BCUT2D eigenvalue weighted by molar-refractivity contribution is -0.137. The zero-order chi connectivity index (χ0) is 17.9. The molecule has 0 aliphatic heterocycles. The molecule has 0 amide bonds. The van der Waals surface area contributed by atoms with Gasteiger partial charge in [-0.15, -0.1) is 0 Å². The molecule has 3 aromatic rings. The van der Waals surface area contributed by atoms with Gasteiger partial charge in [-0.25, -0.2) is 0 Å². The van der Waals surface area contributed by atoms with Gasteiger partial charge in [0.1, 0.15) is 0 Å². The Balaban J connectivity index is 1.67. The number of nitrogens with one attached hydrogen (secondary N) is 1. The van der Waals surface area contributed by atoms with Crippen LogP contribution in [0, 0.1) is 0 Å². The zero-order valence-corrected chi connectivity index (χ0v) is 13.0. The van der Waals surface area contributed by atoms with E-state index in [-0.39, 0.29) is 5.78 Å². The smallest absolute Gasteiger partial charge is 0.362 e. The van der Waals surface area contributed by atoms with Crippen molar-refractivity contribution in [2.24, 2.45) is 0 Å². The van der Waals surface area contributed by atoms with E-state index in [1.165, 1.54) is 24.4 Å². The number of rotatable bonds is 4. The van der Waals surface area contributed by atoms with Crippen LogP contribution < -0.4 is 5.32 Å². The SMILES string of the molecule is O=C(/C=C\Nc1ccc(C(F)(F)F)cc1)c1ccc2ccccc2c1. The van der Waals surface area contributed by atoms with Gasteiger partial charge in [-0.05, 0) is 41.1 Å². The van der Waals surface area contributed by atoms with Crippen molar-refractivity contribution in [3.05, 3.63) is 90.1 Å². The minimum atomic E-state index is -4.36. The summed E-state index contributed by atoms with van der Waals surface area (Å²) in [5, 5.41) is 4.81. The Hall–Kier alpha value is -3.08. The molecular weight excluding hydrogens is 327 g/mol. The first-order valence-corrected chi connectivity index (χ1v) is 7.57. The largest absolute Gasteiger partial charge is 0.416 e. The highest BCUT2D eigenvalue weighted by Crippen LogP contribution is 2.29. The molecule has 0 radical (unpaired) electrons. The number of carbonyl (C=O) groups excluding carboxylic acids is 1. The van der Waals surface area contributed by atoms with E-state index in [1.54, 1.807) is 12.1 Å². The van der Waals surface area contributed by atoms with Crippen LogP contribution in [0.1, 0.15) is 15.9 Å². The van der Waals surface area contributed by atoms with Crippen LogP contribution >= 0.6 is 0 Å². The molecule has 0 bridgehead atoms. The van der Waals surface area contributed by atoms with Crippen LogP contribution in [0.15, 0.2) is 79.0 Å². The van der Waals surface area contributed by atoms with E-state index in [4.69, 9.17) is 0 Å². The third-order valence-corrected chi connectivity index (χ3v) is 3.73. The van der Waals surface area contributed by atoms with Gasteiger partial charge in [-0.1, -0.05) is 36.4 Å². The number of benzene rings is 3. The molecule has 5 heteroatoms. The van der Waals surface area contributed by atoms with Crippen LogP contribution in [-0.2, 0) is 6.18 Å². The lowest BCUT2D eigenvalue weighted by atomic mass is 10.0. The summed E-state index contributed by atoms with van der Waals surface area (Å²) in [6.07, 6.45) is -1.59. The topological polar surface area (TPSA) is 29.1 Å². The Morgan fingerprint density at radius 3 is 2.24 bits per heavy atom. The molecule has 3 rings (SSSR count). The summed E-state index contributed by atoms with van der Waals surface area (Å²) in [6, 6.07) is 17.7. The van der Waals surface area contributed by atoms with Crippen LogP contribution in [0.5, 0.6) is 0 Å². The van der Waals surface area contributed by atoms with Gasteiger partial charge in [0.2, 0.25) is 0 Å². The van der Waals surface area contributed by atoms with Crippen LogP contribution in [0.4, 0.5) is 18.9 Å². The first-order chi connectivity index (χ1) is 11.9. The third kappa shape index (κ3) is 4.07. The highest BCUT2D eigenvalue weighted by Gasteiger charge is 2.29. The molecule has 3 aromatic carbocycles. The Kier molecular flexibility index (Phi) is 4.57. The van der Waals surface area contributed by atoms with Gasteiger partial charge in [-0.2, -0.15) is 13.2 Å². The van der Waals surface area contributed by atoms with E-state index < -0.39 is 11.7 Å². The van der Waals surface area contributed by atoms with Crippen molar-refractivity contribution in [2.45, 2.75) is 6.18 Å². The van der Waals surface area contributed by atoms with Crippen molar-refractivity contribution in [2.75, 3.05) is 5.32 Å². The van der Waals surface area contributed by atoms with Gasteiger partial charge in [0.15, 0.2) is 5.78 Å². The molecule has 0 fully saturated rings. The number of hydrogen-bond acceptors (Lipinski definition) is 2. The van der Waals surface area contributed by atoms with Crippen molar-refractivity contribution in [3.63, 3.8) is 0 Å². The zero-order valence-electron chi connectivity index (χ0n) is 13.0. The van der Waals surface area contributed by atoms with E-state index in [0.717, 1.165) is 22.9 Å². The van der Waals surface area contributed by atoms with E-state index in [0.29, 0.717) is 11.3 Å². The van der Waals surface area contributed by atoms with E-state index in [9.17, 15) is 18.0 Å². The first kappa shape index (κ1) is 16.8. The Bertz CT molecular complexity index is 928. The predicted molar refractivity (Wildman–Crippen MR) is 92.5 cm³/mol. The number of allylic oxidation sites excluding steroid dienone is 1. The highest BCUT2D eigenvalue weighted by molar-refractivity contribution is 6.06. The first-order valence-electron chi connectivity index (χ1n) is 7.57. The van der Waals surface area contributed by atoms with E-state index in [1.807, 2.05) is 30.3 Å². The molecule has 0 heterocycles. The molecular formula is C20H14F3NO. The number of alkyl halides is 3. The maximum Gasteiger partial charge on any atom is 0.416 e. The number of ketones is 1. The number of hydrogen-bond donors (Lipinski definition) is 1. The van der Waals surface area contributed by atoms with Crippen molar-refractivity contribution in [1.82, 2.24) is 0 Å². The molecule has 0 aliphatic rings. The fraction of sp³-hybridized carbons (Fsp3) is 0.0500. The minimum Gasteiger partial charge on any atom is -0.362 e. The molecule has 0 aromatic heterocycles. The summed E-state index contributed by atoms with van der Waals surface area (Å²) in [5.41, 5.74) is 0.300. The molecule has 0 spiro atoms. The molecule has 126 valence electrons. The van der Waals surface area contributed by atoms with Crippen molar-refractivity contribution in [3.8, 4) is 0 Å². The van der Waals surface area contributed by atoms with Gasteiger partial charge < -0.3 is 5.32 Å². The molecule has 0 saturated carbocycles. The Labute approximate surface area is 142 Å². The Morgan fingerprint density at radius 1 is 0.880 bits per heavy atom. The number of halogens is 3. The maximum atomic E-state index is 12.5. The lowest BCUT2D eigenvalue weighted by Gasteiger charge is -2.07. The normalized spacial score (nSPS) is 11.8. The second-order valence-electron chi connectivity index (χ2n) is 5.48. The summed E-state index contributed by atoms with van der Waals surface area (Å²) >= 11 is 0. The monoisotopic (exact) mass is 341 g/mol. The molecule has 2 nitrogen and oxygen atoms in total. The molecule has 0 atom stereocenters. The van der Waals surface area contributed by atoms with E-state index >= 15 is 0 Å². The molecule has 0 unspecified atom stereocenters. The number of anilines is 1. The second-order valence-corrected chi connectivity index (χ2v) is 5.48. The molecule has 25 heavy (non-hydrogen) atoms. The predicted octanol–water partition coefficient (Wildman–Crippen LogP) is 5.67. The van der Waals surface area contributed by atoms with Crippen molar-refractivity contribution < 1.29 is 18.0 Å². The summed E-state index contributed by atoms with van der Waals surface area (Å²) in [7, 11) is 0. The van der Waals surface area contributed by atoms with Crippen LogP contribution in [-0.4, -0.2) is 5.78 Å². The number of carbonyl (C=O) groups is 1. The second kappa shape index (κ2) is 6.81. The van der Waals surface area contributed by atoms with Gasteiger partial charge >= 0.3 is 6.18 Å². The Morgan fingerprint density at radius 2 is 1.56 bits per heavy atom. The fourth-order valence-corrected chi connectivity index (χ4v) is 2.41. The molecule has 0 saturated heterocycles. The van der Waals surface area contributed by atoms with Crippen LogP contribution in [0.3, 0.4) is 0 Å². The lowest BCUT2D eigenvalue weighted by Crippen LogP contribution is -2.04. The quantitative estimate of drug-likeness (QED) is 0.489. The summed E-state index contributed by atoms with van der Waals surface area (Å²) < 4.78 is 37.5. The summed E-state index contributed by atoms with van der Waals surface area (Å²) in [4.78, 5) is 12.2. The van der Waals surface area contributed by atoms with Gasteiger partial charge in [0.25, 0.3) is 0 Å². The average Bonchev–Trinajstić information content (AvgIpc) is 2.61. The maximum absolute atomic E-state index is 12.5. The minimum absolute atomic E-state index is 0.190. The number of fused-ring (bicyclic) bond motifs is 1. The summed E-state index contributed by atoms with van der Waals surface area (Å²) in [6.45, 7) is 0. The van der Waals surface area contributed by atoms with Gasteiger partial charge in [0.05, 0.1) is 5.56 Å². The van der Waals surface area contributed by atoms with Crippen LogP contribution in [0.2, 0.25) is 0 Å². The average molecular weight is 341 g/mol. The standard InChI is InChI=1S/C20H14F3NO/c21-20(22,23)17-7-9-18(10-8-17)24-12-11-19(25)16-6-5-14-3-1-2-4-15(14)13-16/h1-13,24H/b12-11-. The van der Waals surface area contributed by atoms with Crippen molar-refractivity contribution >= 4 is 22.2 Å². The summed E-state index contributed by atoms with van der Waals surface area (Å²) in [5.74, 6) is -0.190. The third-order valence-electron chi connectivity index (χ3n) is 3.73. The van der Waals surface area contributed by atoms with E-state index in [2.05, 4.69) is 5.32 Å². The van der Waals surface area contributed by atoms with Gasteiger partial charge in [-0.3, -0.25) is 4.79 Å². The fourth-order valence-electron chi connectivity index (χ4n) is 2.41. The molecule has 0 aliphatic carbocycles. The van der Waals surface area contributed by atoms with Crippen LogP contribution in [0.25, 0.3) is 10.8 Å². The van der Waals surface area contributed by atoms with Gasteiger partial charge in [0, 0.05) is 23.5 Å². The van der Waals surface area contributed by atoms with Crippen molar-refractivity contribution in [1.29, 1.82) is 0 Å². The highest BCUT2D eigenvalue weighted by atomic mass is 19.4. The molecule has 1 N–H and O–H groups in total.